The Morgan fingerprint density at radius 1 is 0.604 bits per heavy atom. The normalized spacial score (nSPS) is 14.5. The van der Waals surface area contributed by atoms with Crippen LogP contribution in [-0.4, -0.2) is 75.6 Å². The summed E-state index contributed by atoms with van der Waals surface area (Å²) in [7, 11) is 1.64. The Morgan fingerprint density at radius 2 is 1.09 bits per heavy atom. The molecule has 2 atom stereocenters. The Bertz CT molecular complexity index is 1030. The maximum Gasteiger partial charge on any atom is 0.472 e. The summed E-state index contributed by atoms with van der Waals surface area (Å²) in [6, 6.07) is 0. The van der Waals surface area contributed by atoms with E-state index in [-0.39, 0.29) is 25.8 Å². The van der Waals surface area contributed by atoms with Crippen molar-refractivity contribution in [1.82, 2.24) is 0 Å². The molecule has 0 aliphatic carbocycles. The van der Waals surface area contributed by atoms with Crippen LogP contribution in [0.15, 0.2) is 60.8 Å². The van der Waals surface area contributed by atoms with Crippen LogP contribution < -0.4 is 0 Å². The molecule has 0 amide bonds. The van der Waals surface area contributed by atoms with Crippen LogP contribution in [0.25, 0.3) is 0 Å². The Morgan fingerprint density at radius 3 is 1.66 bits per heavy atom. The minimum atomic E-state index is -4.28. The molecule has 0 aromatic heterocycles. The van der Waals surface area contributed by atoms with Crippen LogP contribution in [0.1, 0.15) is 155 Å². The van der Waals surface area contributed by atoms with Gasteiger partial charge in [-0.1, -0.05) is 132 Å². The number of ether oxygens (including phenoxy) is 2. The lowest BCUT2D eigenvalue weighted by atomic mass is 10.1. The van der Waals surface area contributed by atoms with E-state index in [9.17, 15) is 14.3 Å². The van der Waals surface area contributed by atoms with E-state index >= 15 is 0 Å². The third-order valence-electron chi connectivity index (χ3n) is 8.56. The zero-order valence-corrected chi connectivity index (χ0v) is 35.6. The maximum atomic E-state index is 12.7. The van der Waals surface area contributed by atoms with Crippen molar-refractivity contribution in [2.75, 3.05) is 54.1 Å². The molecule has 0 saturated heterocycles. The molecule has 0 aromatic rings. The quantitative estimate of drug-likeness (QED) is 0.0220. The number of likely N-dealkylation sites (N-methyl/N-ethyl adjacent to an activating group) is 1. The zero-order valence-electron chi connectivity index (χ0n) is 34.7. The Balaban J connectivity index is 4.33. The molecular weight excluding hydrogens is 685 g/mol. The molecule has 9 heteroatoms. The fraction of sp³-hybridized carbons (Fsp3) is 0.750. The summed E-state index contributed by atoms with van der Waals surface area (Å²) in [5.74, 6) is -0.341. The molecule has 0 rings (SSSR count). The second-order valence-electron chi connectivity index (χ2n) is 15.0. The van der Waals surface area contributed by atoms with E-state index in [1.54, 1.807) is 0 Å². The highest BCUT2D eigenvalue weighted by Crippen LogP contribution is 2.43. The fourth-order valence-electron chi connectivity index (χ4n) is 5.30. The molecule has 0 heterocycles. The van der Waals surface area contributed by atoms with Gasteiger partial charge in [0.15, 0.2) is 0 Å². The Kier molecular flexibility index (Phi) is 35.9. The van der Waals surface area contributed by atoms with Gasteiger partial charge in [-0.2, -0.15) is 0 Å². The van der Waals surface area contributed by atoms with Crippen LogP contribution >= 0.6 is 7.82 Å². The Hall–Kier alpha value is -1.80. The summed E-state index contributed by atoms with van der Waals surface area (Å²) < 4.78 is 34.9. The first-order valence-corrected chi connectivity index (χ1v) is 22.5. The van der Waals surface area contributed by atoms with Gasteiger partial charge in [0.05, 0.1) is 34.4 Å². The highest BCUT2D eigenvalue weighted by molar-refractivity contribution is 7.47. The van der Waals surface area contributed by atoms with Crippen LogP contribution in [0, 0.1) is 0 Å². The molecule has 0 aliphatic rings. The van der Waals surface area contributed by atoms with Crippen molar-refractivity contribution in [1.29, 1.82) is 0 Å². The molecule has 0 bridgehead atoms. The number of quaternary nitrogens is 1. The van der Waals surface area contributed by atoms with Gasteiger partial charge in [0, 0.05) is 13.0 Å². The molecule has 0 spiro atoms. The number of unbranched alkanes of at least 4 members (excludes halogenated alkanes) is 14. The van der Waals surface area contributed by atoms with Crippen LogP contribution in [0.4, 0.5) is 0 Å². The van der Waals surface area contributed by atoms with E-state index in [4.69, 9.17) is 18.5 Å². The van der Waals surface area contributed by atoms with Gasteiger partial charge in [0.2, 0.25) is 0 Å². The lowest BCUT2D eigenvalue weighted by Gasteiger charge is -2.24. The highest BCUT2D eigenvalue weighted by Gasteiger charge is 2.26. The smallest absolute Gasteiger partial charge is 0.457 e. The van der Waals surface area contributed by atoms with Crippen LogP contribution in [0.3, 0.4) is 0 Å². The molecule has 2 unspecified atom stereocenters. The van der Waals surface area contributed by atoms with Crippen molar-refractivity contribution in [3.8, 4) is 0 Å². The molecule has 0 radical (unpaired) electrons. The SMILES string of the molecule is CC/C=C\C/C=C\C/C=C\C/C=C\CCCCCCC(=O)OC(COCCCCCCCC/C=C\CCCCCC)COP(=O)(O)OCC[N+](C)(C)C. The average molecular weight is 767 g/mol. The summed E-state index contributed by atoms with van der Waals surface area (Å²) in [6.07, 6.45) is 45.3. The molecular formula is C44H81NO7P+. The first-order valence-electron chi connectivity index (χ1n) is 21.0. The summed E-state index contributed by atoms with van der Waals surface area (Å²) in [4.78, 5) is 22.8. The largest absolute Gasteiger partial charge is 0.472 e. The number of carbonyl (C=O) groups excluding carboxylic acids is 1. The van der Waals surface area contributed by atoms with E-state index in [2.05, 4.69) is 74.6 Å². The van der Waals surface area contributed by atoms with E-state index in [1.807, 2.05) is 21.1 Å². The zero-order chi connectivity index (χ0) is 39.1. The van der Waals surface area contributed by atoms with Crippen LogP contribution in [0.2, 0.25) is 0 Å². The molecule has 0 aliphatic heterocycles. The third-order valence-corrected chi connectivity index (χ3v) is 9.55. The molecule has 1 N–H and O–H groups in total. The Labute approximate surface area is 326 Å². The van der Waals surface area contributed by atoms with E-state index in [1.165, 1.54) is 64.2 Å². The molecule has 0 saturated carbocycles. The highest BCUT2D eigenvalue weighted by atomic mass is 31.2. The van der Waals surface area contributed by atoms with Crippen LogP contribution in [-0.2, 0) is 27.9 Å². The van der Waals surface area contributed by atoms with Crippen molar-refractivity contribution in [2.24, 2.45) is 0 Å². The minimum Gasteiger partial charge on any atom is -0.457 e. The molecule has 0 fully saturated rings. The van der Waals surface area contributed by atoms with E-state index in [0.717, 1.165) is 70.6 Å². The molecule has 308 valence electrons. The number of phosphoric acid groups is 1. The second-order valence-corrected chi connectivity index (χ2v) is 16.4. The first-order chi connectivity index (χ1) is 25.6. The van der Waals surface area contributed by atoms with Gasteiger partial charge < -0.3 is 18.9 Å². The number of phosphoric ester groups is 1. The monoisotopic (exact) mass is 767 g/mol. The predicted molar refractivity (Wildman–Crippen MR) is 224 cm³/mol. The fourth-order valence-corrected chi connectivity index (χ4v) is 6.04. The van der Waals surface area contributed by atoms with Gasteiger partial charge in [-0.25, -0.2) is 4.57 Å². The maximum absolute atomic E-state index is 12.7. The van der Waals surface area contributed by atoms with Crippen molar-refractivity contribution in [3.63, 3.8) is 0 Å². The van der Waals surface area contributed by atoms with Gasteiger partial charge in [0.25, 0.3) is 0 Å². The number of allylic oxidation sites excluding steroid dienone is 10. The van der Waals surface area contributed by atoms with Crippen molar-refractivity contribution in [3.05, 3.63) is 60.8 Å². The number of esters is 1. The van der Waals surface area contributed by atoms with Crippen molar-refractivity contribution >= 4 is 13.8 Å². The predicted octanol–water partition coefficient (Wildman–Crippen LogP) is 12.2. The number of hydrogen-bond acceptors (Lipinski definition) is 6. The summed E-state index contributed by atoms with van der Waals surface area (Å²) in [6.45, 7) is 5.43. The minimum absolute atomic E-state index is 0.0797. The second kappa shape index (κ2) is 37.1. The van der Waals surface area contributed by atoms with E-state index in [0.29, 0.717) is 24.1 Å². The number of nitrogens with zero attached hydrogens (tertiary/aromatic N) is 1. The lowest BCUT2D eigenvalue weighted by molar-refractivity contribution is -0.870. The van der Waals surface area contributed by atoms with Gasteiger partial charge >= 0.3 is 13.8 Å². The van der Waals surface area contributed by atoms with Gasteiger partial charge in [-0.3, -0.25) is 13.8 Å². The first kappa shape index (κ1) is 51.2. The van der Waals surface area contributed by atoms with Crippen molar-refractivity contribution < 1.29 is 37.3 Å². The molecule has 53 heavy (non-hydrogen) atoms. The van der Waals surface area contributed by atoms with Gasteiger partial charge in [0.1, 0.15) is 19.3 Å². The molecule has 0 aromatic carbocycles. The van der Waals surface area contributed by atoms with Gasteiger partial charge in [-0.05, 0) is 77.0 Å². The average Bonchev–Trinajstić information content (AvgIpc) is 3.11. The molecule has 8 nitrogen and oxygen atoms in total. The summed E-state index contributed by atoms with van der Waals surface area (Å²) in [5.41, 5.74) is 0. The topological polar surface area (TPSA) is 91.3 Å². The number of hydrogen-bond donors (Lipinski definition) is 1. The van der Waals surface area contributed by atoms with Crippen LogP contribution in [0.5, 0.6) is 0 Å². The summed E-state index contributed by atoms with van der Waals surface area (Å²) >= 11 is 0. The lowest BCUT2D eigenvalue weighted by Crippen LogP contribution is -2.37. The van der Waals surface area contributed by atoms with Gasteiger partial charge in [-0.15, -0.1) is 0 Å². The number of carbonyl (C=O) groups is 1. The van der Waals surface area contributed by atoms with E-state index < -0.39 is 13.9 Å². The third kappa shape index (κ3) is 41.2. The van der Waals surface area contributed by atoms with Crippen molar-refractivity contribution in [2.45, 2.75) is 161 Å². The standard InChI is InChI=1S/C44H80NO7P/c1-6-8-10-12-14-16-18-20-22-23-24-25-27-29-31-33-35-37-44(46)52-43(42-51-53(47,48)50-40-38-45(3,4)5)41-49-39-36-34-32-30-28-26-21-19-17-15-13-11-9-7-2/h8,10,14,16-17,19-20,22,24-25,43H,6-7,9,11-13,15,18,21,23,26-42H2,1-5H3/p+1/b10-8-,16-14-,19-17-,22-20-,25-24-. The number of rotatable bonds is 38. The summed E-state index contributed by atoms with van der Waals surface area (Å²) in [5, 5.41) is 0.